The Morgan fingerprint density at radius 2 is 2.09 bits per heavy atom. The molecular formula is C16H24FNO4. The highest BCUT2D eigenvalue weighted by Crippen LogP contribution is 2.32. The summed E-state index contributed by atoms with van der Waals surface area (Å²) in [5.74, 6) is -0.654. The summed E-state index contributed by atoms with van der Waals surface area (Å²) in [5, 5.41) is 9.10. The van der Waals surface area contributed by atoms with Crippen LogP contribution < -0.4 is 10.5 Å². The summed E-state index contributed by atoms with van der Waals surface area (Å²) in [6.45, 7) is 2.80. The van der Waals surface area contributed by atoms with Crippen LogP contribution in [0, 0.1) is 5.41 Å². The lowest BCUT2D eigenvalue weighted by Gasteiger charge is -2.32. The summed E-state index contributed by atoms with van der Waals surface area (Å²) in [6, 6.07) is 7.42. The van der Waals surface area contributed by atoms with Gasteiger partial charge in [0.1, 0.15) is 18.0 Å². The molecular weight excluding hydrogens is 289 g/mol. The molecule has 0 bridgehead atoms. The zero-order valence-electron chi connectivity index (χ0n) is 13.3. The number of halogens is 1. The number of methoxy groups -OCH3 is 1. The molecule has 0 radical (unpaired) electrons. The maximum atomic E-state index is 13.0. The van der Waals surface area contributed by atoms with Crippen LogP contribution in [0.25, 0.3) is 0 Å². The number of ether oxygens (including phenoxy) is 2. The number of nitrogens with two attached hydrogens (primary N) is 1. The second-order valence-corrected chi connectivity index (χ2v) is 6.31. The van der Waals surface area contributed by atoms with E-state index in [9.17, 15) is 9.18 Å². The monoisotopic (exact) mass is 313 g/mol. The summed E-state index contributed by atoms with van der Waals surface area (Å²) in [7, 11) is 1.54. The van der Waals surface area contributed by atoms with E-state index in [2.05, 4.69) is 0 Å². The summed E-state index contributed by atoms with van der Waals surface area (Å²) in [4.78, 5) is 11.2. The third-order valence-electron chi connectivity index (χ3n) is 3.38. The number of carboxylic acids is 1. The zero-order valence-corrected chi connectivity index (χ0v) is 13.3. The minimum Gasteiger partial charge on any atom is -0.480 e. The number of benzene rings is 1. The molecule has 0 saturated carbocycles. The minimum absolute atomic E-state index is 0.0367. The van der Waals surface area contributed by atoms with E-state index in [0.29, 0.717) is 12.2 Å². The maximum absolute atomic E-state index is 13.0. The van der Waals surface area contributed by atoms with Gasteiger partial charge in [-0.2, -0.15) is 0 Å². The lowest BCUT2D eigenvalue weighted by Crippen LogP contribution is -2.53. The first kappa shape index (κ1) is 18.4. The third-order valence-corrected chi connectivity index (χ3v) is 3.38. The van der Waals surface area contributed by atoms with Crippen molar-refractivity contribution in [2.75, 3.05) is 20.6 Å². The lowest BCUT2D eigenvalue weighted by atomic mass is 9.75. The van der Waals surface area contributed by atoms with Gasteiger partial charge in [0.2, 0.25) is 0 Å². The van der Waals surface area contributed by atoms with Crippen LogP contribution in [-0.2, 0) is 16.0 Å². The Labute approximate surface area is 130 Å². The minimum atomic E-state index is -1.85. The van der Waals surface area contributed by atoms with E-state index in [0.717, 1.165) is 5.56 Å². The second kappa shape index (κ2) is 7.56. The molecule has 0 aliphatic heterocycles. The van der Waals surface area contributed by atoms with Crippen LogP contribution in [0.15, 0.2) is 24.3 Å². The molecule has 0 aliphatic rings. The Balaban J connectivity index is 2.81. The van der Waals surface area contributed by atoms with E-state index in [1.807, 2.05) is 38.1 Å². The van der Waals surface area contributed by atoms with Crippen molar-refractivity contribution < 1.29 is 23.8 Å². The van der Waals surface area contributed by atoms with Gasteiger partial charge in [-0.25, -0.2) is 4.39 Å². The highest BCUT2D eigenvalue weighted by Gasteiger charge is 2.39. The quantitative estimate of drug-likeness (QED) is 0.684. The Morgan fingerprint density at radius 3 is 2.64 bits per heavy atom. The molecule has 0 saturated heterocycles. The second-order valence-electron chi connectivity index (χ2n) is 6.31. The average molecular weight is 313 g/mol. The van der Waals surface area contributed by atoms with Crippen molar-refractivity contribution in [3.05, 3.63) is 29.8 Å². The van der Waals surface area contributed by atoms with Gasteiger partial charge in [-0.3, -0.25) is 4.79 Å². The first-order valence-electron chi connectivity index (χ1n) is 7.01. The fourth-order valence-electron chi connectivity index (χ4n) is 2.52. The topological polar surface area (TPSA) is 81.8 Å². The van der Waals surface area contributed by atoms with Crippen LogP contribution in [0.4, 0.5) is 4.39 Å². The van der Waals surface area contributed by atoms with E-state index in [-0.39, 0.29) is 13.2 Å². The van der Waals surface area contributed by atoms with E-state index >= 15 is 0 Å². The summed E-state index contributed by atoms with van der Waals surface area (Å²) >= 11 is 0. The summed E-state index contributed by atoms with van der Waals surface area (Å²) in [5.41, 5.74) is 4.30. The predicted octanol–water partition coefficient (Wildman–Crippen LogP) is 2.38. The van der Waals surface area contributed by atoms with Gasteiger partial charge in [-0.15, -0.1) is 0 Å². The van der Waals surface area contributed by atoms with Crippen LogP contribution in [0.2, 0.25) is 0 Å². The molecule has 1 rings (SSSR count). The molecule has 0 amide bonds. The normalized spacial score (nSPS) is 14.4. The molecule has 0 fully saturated rings. The third kappa shape index (κ3) is 5.27. The van der Waals surface area contributed by atoms with Crippen LogP contribution in [0.5, 0.6) is 5.75 Å². The lowest BCUT2D eigenvalue weighted by molar-refractivity contribution is -0.145. The fourth-order valence-corrected chi connectivity index (χ4v) is 2.52. The number of hydrogen-bond donors (Lipinski definition) is 2. The van der Waals surface area contributed by atoms with Gasteiger partial charge in [-0.1, -0.05) is 26.0 Å². The fraction of sp³-hybridized carbons (Fsp3) is 0.562. The number of alkyl halides is 1. The van der Waals surface area contributed by atoms with Crippen molar-refractivity contribution in [3.8, 4) is 5.75 Å². The first-order valence-corrected chi connectivity index (χ1v) is 7.01. The number of rotatable bonds is 9. The number of carboxylic acid groups (broad SMARTS) is 1. The van der Waals surface area contributed by atoms with Crippen LogP contribution in [0.1, 0.15) is 25.8 Å². The van der Waals surface area contributed by atoms with Gasteiger partial charge in [0, 0.05) is 7.11 Å². The number of hydrogen-bond acceptors (Lipinski definition) is 4. The van der Waals surface area contributed by atoms with Crippen molar-refractivity contribution in [1.29, 1.82) is 0 Å². The van der Waals surface area contributed by atoms with Crippen molar-refractivity contribution in [1.82, 2.24) is 0 Å². The van der Waals surface area contributed by atoms with E-state index in [1.165, 1.54) is 7.11 Å². The van der Waals surface area contributed by atoms with Gasteiger partial charge in [0.15, 0.2) is 6.79 Å². The molecule has 1 aromatic rings. The van der Waals surface area contributed by atoms with Crippen molar-refractivity contribution in [2.24, 2.45) is 11.1 Å². The van der Waals surface area contributed by atoms with Crippen LogP contribution in [0.3, 0.4) is 0 Å². The molecule has 0 aromatic heterocycles. The average Bonchev–Trinajstić information content (AvgIpc) is 2.44. The molecule has 0 aliphatic carbocycles. The molecule has 1 atom stereocenters. The Hall–Kier alpha value is -1.66. The highest BCUT2D eigenvalue weighted by atomic mass is 19.1. The van der Waals surface area contributed by atoms with Gasteiger partial charge in [0.05, 0.1) is 0 Å². The molecule has 124 valence electrons. The molecule has 3 N–H and O–H groups in total. The van der Waals surface area contributed by atoms with E-state index in [1.54, 1.807) is 0 Å². The molecule has 22 heavy (non-hydrogen) atoms. The Morgan fingerprint density at radius 1 is 1.41 bits per heavy atom. The molecule has 6 heteroatoms. The molecule has 5 nitrogen and oxygen atoms in total. The summed E-state index contributed by atoms with van der Waals surface area (Å²) in [6.07, 6.45) is 0.596. The van der Waals surface area contributed by atoms with Crippen molar-refractivity contribution in [3.63, 3.8) is 0 Å². The molecule has 0 heterocycles. The van der Waals surface area contributed by atoms with Gasteiger partial charge < -0.3 is 20.3 Å². The zero-order chi connectivity index (χ0) is 16.8. The van der Waals surface area contributed by atoms with Crippen molar-refractivity contribution >= 4 is 5.97 Å². The molecule has 1 unspecified atom stereocenters. The Kier molecular flexibility index (Phi) is 6.32. The van der Waals surface area contributed by atoms with Crippen LogP contribution in [-0.4, -0.2) is 37.2 Å². The highest BCUT2D eigenvalue weighted by molar-refractivity contribution is 5.78. The van der Waals surface area contributed by atoms with E-state index < -0.39 is 23.6 Å². The van der Waals surface area contributed by atoms with Crippen molar-refractivity contribution in [2.45, 2.75) is 32.2 Å². The predicted molar refractivity (Wildman–Crippen MR) is 81.6 cm³/mol. The smallest absolute Gasteiger partial charge is 0.326 e. The van der Waals surface area contributed by atoms with Gasteiger partial charge in [-0.05, 0) is 36.0 Å². The summed E-state index contributed by atoms with van der Waals surface area (Å²) < 4.78 is 23.2. The number of aliphatic carboxylic acids is 1. The van der Waals surface area contributed by atoms with Gasteiger partial charge in [0.25, 0.3) is 0 Å². The van der Waals surface area contributed by atoms with Gasteiger partial charge >= 0.3 is 5.97 Å². The molecule has 1 aromatic carbocycles. The number of carbonyl (C=O) groups is 1. The van der Waals surface area contributed by atoms with E-state index in [4.69, 9.17) is 20.3 Å². The SMILES string of the molecule is COCOc1cccc(CC(C)(C)CC(N)(CF)C(=O)O)c1. The largest absolute Gasteiger partial charge is 0.480 e. The first-order chi connectivity index (χ1) is 10.2. The molecule has 0 spiro atoms. The van der Waals surface area contributed by atoms with Crippen LogP contribution >= 0.6 is 0 Å². The maximum Gasteiger partial charge on any atom is 0.326 e. The standard InChI is InChI=1S/C16H24FNO4/c1-15(2,9-16(18,10-17)14(19)20)8-12-5-4-6-13(7-12)22-11-21-3/h4-7H,8-11,18H2,1-3H3,(H,19,20). The Bertz CT molecular complexity index is 507.